The minimum atomic E-state index is -1.16. The zero-order valence-corrected chi connectivity index (χ0v) is 8.03. The van der Waals surface area contributed by atoms with E-state index in [2.05, 4.69) is 10.6 Å². The summed E-state index contributed by atoms with van der Waals surface area (Å²) in [6.45, 7) is 0.389. The molecular weight excluding hydrogens is 184 g/mol. The monoisotopic (exact) mass is 200 g/mol. The van der Waals surface area contributed by atoms with E-state index in [0.29, 0.717) is 18.9 Å². The van der Waals surface area contributed by atoms with Crippen molar-refractivity contribution in [2.75, 3.05) is 6.54 Å². The highest BCUT2D eigenvalue weighted by atomic mass is 16.4. The summed E-state index contributed by atoms with van der Waals surface area (Å²) < 4.78 is 0. The molecule has 1 aliphatic carbocycles. The second-order valence-electron chi connectivity index (χ2n) is 3.58. The highest BCUT2D eigenvalue weighted by molar-refractivity contribution is 5.71. The summed E-state index contributed by atoms with van der Waals surface area (Å²) in [6.07, 6.45) is 4.15. The quantitative estimate of drug-likeness (QED) is 0.560. The molecule has 0 saturated heterocycles. The molecule has 1 atom stereocenters. The third-order valence-electron chi connectivity index (χ3n) is 2.45. The summed E-state index contributed by atoms with van der Waals surface area (Å²) in [6, 6.07) is -0.179. The van der Waals surface area contributed by atoms with Crippen molar-refractivity contribution in [1.82, 2.24) is 10.6 Å². The Kier molecular flexibility index (Phi) is 4.39. The zero-order chi connectivity index (χ0) is 10.4. The number of hydrogen-bond donors (Lipinski definition) is 3. The topological polar surface area (TPSA) is 78.4 Å². The average molecular weight is 200 g/mol. The first-order valence-corrected chi connectivity index (χ1v) is 4.90. The van der Waals surface area contributed by atoms with Gasteiger partial charge in [-0.2, -0.15) is 0 Å². The van der Waals surface area contributed by atoms with Gasteiger partial charge >= 0.3 is 6.09 Å². The lowest BCUT2D eigenvalue weighted by molar-refractivity contribution is -0.109. The van der Waals surface area contributed by atoms with E-state index in [-0.39, 0.29) is 0 Å². The number of hydrogen-bond acceptors (Lipinski definition) is 3. The summed E-state index contributed by atoms with van der Waals surface area (Å²) in [5.74, 6) is 0. The predicted octanol–water partition coefficient (Wildman–Crippen LogP) is 0.354. The Bertz CT molecular complexity index is 202. The van der Waals surface area contributed by atoms with Gasteiger partial charge in [0.15, 0.2) is 0 Å². The van der Waals surface area contributed by atoms with Gasteiger partial charge in [0.2, 0.25) is 0 Å². The molecule has 0 aromatic rings. The van der Waals surface area contributed by atoms with Crippen molar-refractivity contribution in [2.45, 2.75) is 37.8 Å². The molecular formula is C9H16N2O3. The lowest BCUT2D eigenvalue weighted by Gasteiger charge is -2.15. The highest BCUT2D eigenvalue weighted by Gasteiger charge is 2.16. The molecule has 0 aliphatic heterocycles. The Hall–Kier alpha value is -1.10. The molecule has 0 heterocycles. The second kappa shape index (κ2) is 5.59. The van der Waals surface area contributed by atoms with Gasteiger partial charge in [-0.15, -0.1) is 0 Å². The molecule has 1 saturated carbocycles. The molecule has 0 aromatic heterocycles. The number of carbonyl (C=O) groups is 2. The van der Waals surface area contributed by atoms with Crippen LogP contribution in [0.3, 0.4) is 0 Å². The molecule has 1 amide bonds. The van der Waals surface area contributed by atoms with Crippen LogP contribution in [0.1, 0.15) is 25.7 Å². The Morgan fingerprint density at radius 3 is 2.64 bits per heavy atom. The maximum Gasteiger partial charge on any atom is 0.405 e. The molecule has 1 unspecified atom stereocenters. The summed E-state index contributed by atoms with van der Waals surface area (Å²) in [5.41, 5.74) is 0. The van der Waals surface area contributed by atoms with Crippen LogP contribution in [0.4, 0.5) is 4.79 Å². The second-order valence-corrected chi connectivity index (χ2v) is 3.58. The number of aldehydes is 1. The van der Waals surface area contributed by atoms with Gasteiger partial charge in [-0.05, 0) is 12.8 Å². The number of amides is 1. The van der Waals surface area contributed by atoms with E-state index in [1.165, 1.54) is 12.8 Å². The van der Waals surface area contributed by atoms with Crippen LogP contribution in [0.15, 0.2) is 0 Å². The van der Waals surface area contributed by atoms with Crippen LogP contribution >= 0.6 is 0 Å². The van der Waals surface area contributed by atoms with Crippen molar-refractivity contribution in [2.24, 2.45) is 0 Å². The number of carbonyl (C=O) groups excluding carboxylic acids is 1. The number of rotatable bonds is 5. The number of nitrogens with one attached hydrogen (secondary N) is 2. The van der Waals surface area contributed by atoms with Gasteiger partial charge < -0.3 is 20.5 Å². The van der Waals surface area contributed by atoms with Crippen molar-refractivity contribution in [3.8, 4) is 0 Å². The van der Waals surface area contributed by atoms with Crippen molar-refractivity contribution < 1.29 is 14.7 Å². The summed E-state index contributed by atoms with van der Waals surface area (Å²) in [7, 11) is 0. The summed E-state index contributed by atoms with van der Waals surface area (Å²) in [4.78, 5) is 20.7. The van der Waals surface area contributed by atoms with Crippen LogP contribution < -0.4 is 10.6 Å². The van der Waals surface area contributed by atoms with Crippen LogP contribution in [0.2, 0.25) is 0 Å². The molecule has 5 nitrogen and oxygen atoms in total. The van der Waals surface area contributed by atoms with E-state index >= 15 is 0 Å². The van der Waals surface area contributed by atoms with E-state index in [9.17, 15) is 9.59 Å². The minimum absolute atomic E-state index is 0.389. The Morgan fingerprint density at radius 2 is 2.14 bits per heavy atom. The standard InChI is InChI=1S/C9H16N2O3/c12-6-8(11-9(13)14)5-10-7-3-1-2-4-7/h6-8,10-11H,1-5H2,(H,13,14). The van der Waals surface area contributed by atoms with Crippen LogP contribution in [-0.4, -0.2) is 36.1 Å². The Morgan fingerprint density at radius 1 is 1.50 bits per heavy atom. The first-order valence-electron chi connectivity index (χ1n) is 4.90. The fourth-order valence-electron chi connectivity index (χ4n) is 1.72. The third-order valence-corrected chi connectivity index (χ3v) is 2.45. The molecule has 0 radical (unpaired) electrons. The van der Waals surface area contributed by atoms with E-state index in [4.69, 9.17) is 5.11 Å². The molecule has 0 aromatic carbocycles. The maximum absolute atomic E-state index is 10.5. The van der Waals surface area contributed by atoms with Gasteiger partial charge in [-0.1, -0.05) is 12.8 Å². The van der Waals surface area contributed by atoms with E-state index in [0.717, 1.165) is 12.8 Å². The van der Waals surface area contributed by atoms with Crippen LogP contribution in [0, 0.1) is 0 Å². The molecule has 1 fully saturated rings. The van der Waals surface area contributed by atoms with E-state index < -0.39 is 12.1 Å². The van der Waals surface area contributed by atoms with Gasteiger partial charge in [0.05, 0.1) is 0 Å². The molecule has 14 heavy (non-hydrogen) atoms. The van der Waals surface area contributed by atoms with Crippen LogP contribution in [0.25, 0.3) is 0 Å². The van der Waals surface area contributed by atoms with Crippen molar-refractivity contribution in [3.63, 3.8) is 0 Å². The number of carboxylic acid groups (broad SMARTS) is 1. The lowest BCUT2D eigenvalue weighted by atomic mass is 10.2. The van der Waals surface area contributed by atoms with Gasteiger partial charge in [-0.25, -0.2) is 4.79 Å². The molecule has 0 bridgehead atoms. The lowest BCUT2D eigenvalue weighted by Crippen LogP contribution is -2.44. The fourth-order valence-corrected chi connectivity index (χ4v) is 1.72. The predicted molar refractivity (Wildman–Crippen MR) is 51.3 cm³/mol. The molecule has 0 spiro atoms. The molecule has 5 heteroatoms. The minimum Gasteiger partial charge on any atom is -0.465 e. The molecule has 3 N–H and O–H groups in total. The van der Waals surface area contributed by atoms with Crippen LogP contribution in [0.5, 0.6) is 0 Å². The first-order chi connectivity index (χ1) is 6.72. The van der Waals surface area contributed by atoms with Crippen molar-refractivity contribution in [3.05, 3.63) is 0 Å². The van der Waals surface area contributed by atoms with Gasteiger partial charge in [0, 0.05) is 12.6 Å². The first kappa shape index (κ1) is 11.0. The SMILES string of the molecule is O=CC(CNC1CCCC1)NC(=O)O. The van der Waals surface area contributed by atoms with Crippen molar-refractivity contribution in [1.29, 1.82) is 0 Å². The summed E-state index contributed by atoms with van der Waals surface area (Å²) in [5, 5.41) is 13.7. The zero-order valence-electron chi connectivity index (χ0n) is 8.03. The van der Waals surface area contributed by atoms with Gasteiger partial charge in [-0.3, -0.25) is 0 Å². The van der Waals surface area contributed by atoms with Gasteiger partial charge in [0.25, 0.3) is 0 Å². The maximum atomic E-state index is 10.5. The average Bonchev–Trinajstić information content (AvgIpc) is 2.64. The van der Waals surface area contributed by atoms with Crippen molar-refractivity contribution >= 4 is 12.4 Å². The summed E-state index contributed by atoms with van der Waals surface area (Å²) >= 11 is 0. The van der Waals surface area contributed by atoms with Gasteiger partial charge in [0.1, 0.15) is 12.3 Å². The smallest absolute Gasteiger partial charge is 0.405 e. The molecule has 1 aliphatic rings. The van der Waals surface area contributed by atoms with E-state index in [1.54, 1.807) is 0 Å². The Balaban J connectivity index is 2.19. The third kappa shape index (κ3) is 3.74. The highest BCUT2D eigenvalue weighted by Crippen LogP contribution is 2.17. The molecule has 1 rings (SSSR count). The van der Waals surface area contributed by atoms with E-state index in [1.807, 2.05) is 0 Å². The Labute approximate surface area is 82.9 Å². The van der Waals surface area contributed by atoms with Crippen LogP contribution in [-0.2, 0) is 4.79 Å². The largest absolute Gasteiger partial charge is 0.465 e. The fraction of sp³-hybridized carbons (Fsp3) is 0.778. The molecule has 80 valence electrons. The normalized spacial score (nSPS) is 19.1.